The maximum absolute atomic E-state index is 15.0. The third-order valence-corrected chi connectivity index (χ3v) is 13.7. The molecule has 2 unspecified atom stereocenters. The molecule has 4 atom stereocenters. The standard InChI is InChI=1S/C37H46N4O5S/c1-22(2)47(44,45)38-35(42)24-10-14-29-32(16-24)40-21-37(36(43)41-25-11-12-26(41)20-39(3)19-25)18-31(37)30-17-27(46-4)13-15-28(30)34(40)33(29)23-8-6-5-7-9-23/h10,13-17,22-23,25-26,31H,5-9,11-12,18-21H2,1-4H3,(H,38,42)/t25?,26?,31-,37-/m1/s1. The predicted molar refractivity (Wildman–Crippen MR) is 182 cm³/mol. The fourth-order valence-corrected chi connectivity index (χ4v) is 10.0. The van der Waals surface area contributed by atoms with Gasteiger partial charge in [0, 0.05) is 59.7 Å². The molecule has 2 bridgehead atoms. The average Bonchev–Trinajstić information content (AvgIpc) is 3.64. The number of methoxy groups -OCH3 is 1. The minimum atomic E-state index is -3.80. The summed E-state index contributed by atoms with van der Waals surface area (Å²) in [5.41, 5.74) is 5.40. The van der Waals surface area contributed by atoms with Crippen LogP contribution in [0.1, 0.15) is 98.5 Å². The zero-order chi connectivity index (χ0) is 32.8. The van der Waals surface area contributed by atoms with Crippen molar-refractivity contribution in [1.82, 2.24) is 19.1 Å². The summed E-state index contributed by atoms with van der Waals surface area (Å²) in [5.74, 6) is 0.885. The van der Waals surface area contributed by atoms with E-state index in [1.54, 1.807) is 27.0 Å². The van der Waals surface area contributed by atoms with Gasteiger partial charge in [-0.3, -0.25) is 9.59 Å². The molecular formula is C37H46N4O5S. The fourth-order valence-electron chi connectivity index (χ4n) is 9.43. The largest absolute Gasteiger partial charge is 0.497 e. The minimum Gasteiger partial charge on any atom is -0.497 e. The molecule has 1 N–H and O–H groups in total. The Balaban J connectivity index is 1.32. The van der Waals surface area contributed by atoms with Crippen molar-refractivity contribution in [2.24, 2.45) is 5.41 Å². The van der Waals surface area contributed by atoms with Gasteiger partial charge >= 0.3 is 0 Å². The van der Waals surface area contributed by atoms with Gasteiger partial charge < -0.3 is 19.1 Å². The molecule has 0 radical (unpaired) electrons. The third-order valence-electron chi connectivity index (χ3n) is 12.0. The van der Waals surface area contributed by atoms with E-state index in [9.17, 15) is 18.0 Å². The maximum Gasteiger partial charge on any atom is 0.264 e. The van der Waals surface area contributed by atoms with Crippen LogP contribution in [0.15, 0.2) is 36.4 Å². The van der Waals surface area contributed by atoms with E-state index < -0.39 is 26.6 Å². The van der Waals surface area contributed by atoms with E-state index in [2.05, 4.69) is 38.3 Å². The van der Waals surface area contributed by atoms with Crippen molar-refractivity contribution in [3.63, 3.8) is 0 Å². The molecule has 2 aliphatic carbocycles. The highest BCUT2D eigenvalue weighted by Gasteiger charge is 2.65. The van der Waals surface area contributed by atoms with E-state index in [-0.39, 0.29) is 23.9 Å². The van der Waals surface area contributed by atoms with E-state index >= 15 is 0 Å². The molecule has 250 valence electrons. The number of carbonyl (C=O) groups is 2. The Morgan fingerprint density at radius 2 is 1.70 bits per heavy atom. The second-order valence-electron chi connectivity index (χ2n) is 15.1. The van der Waals surface area contributed by atoms with Crippen molar-refractivity contribution in [2.75, 3.05) is 27.2 Å². The van der Waals surface area contributed by atoms with Gasteiger partial charge in [-0.15, -0.1) is 0 Å². The van der Waals surface area contributed by atoms with Crippen molar-refractivity contribution in [3.8, 4) is 17.0 Å². The van der Waals surface area contributed by atoms with Crippen LogP contribution in [-0.2, 0) is 21.4 Å². The van der Waals surface area contributed by atoms with Crippen LogP contribution in [0.3, 0.4) is 0 Å². The van der Waals surface area contributed by atoms with Gasteiger partial charge in [0.25, 0.3) is 5.91 Å². The molecular weight excluding hydrogens is 612 g/mol. The third kappa shape index (κ3) is 4.84. The number of nitrogens with zero attached hydrogens (tertiary/aromatic N) is 3. The molecule has 2 saturated carbocycles. The molecule has 10 heteroatoms. The summed E-state index contributed by atoms with van der Waals surface area (Å²) in [6, 6.07) is 12.5. The van der Waals surface area contributed by atoms with Crippen molar-refractivity contribution in [1.29, 1.82) is 0 Å². The number of hydrogen-bond acceptors (Lipinski definition) is 6. The van der Waals surface area contributed by atoms with Crippen LogP contribution in [-0.4, -0.2) is 79.2 Å². The number of carbonyl (C=O) groups excluding carboxylic acids is 2. The number of sulfonamides is 1. The number of fused-ring (bicyclic) bond motifs is 9. The second kappa shape index (κ2) is 11.1. The number of rotatable bonds is 6. The van der Waals surface area contributed by atoms with Crippen LogP contribution in [0.2, 0.25) is 0 Å². The lowest BCUT2D eigenvalue weighted by Gasteiger charge is -2.41. The number of amides is 2. The molecule has 8 rings (SSSR count). The van der Waals surface area contributed by atoms with Gasteiger partial charge in [0.2, 0.25) is 15.9 Å². The second-order valence-corrected chi connectivity index (χ2v) is 17.4. The summed E-state index contributed by atoms with van der Waals surface area (Å²) in [6.45, 7) is 5.48. The summed E-state index contributed by atoms with van der Waals surface area (Å²) in [7, 11) is 0.0575. The SMILES string of the molecule is COc1ccc2c(c1)[C@H]1C[C@@]1(C(=O)N1C3CCC1CN(C)C3)Cn1c-2c(C2CCCCC2)c2ccc(C(=O)NS(=O)(=O)C(C)C)cc21. The average molecular weight is 659 g/mol. The van der Waals surface area contributed by atoms with Crippen molar-refractivity contribution < 1.29 is 22.7 Å². The van der Waals surface area contributed by atoms with Crippen molar-refractivity contribution >= 4 is 32.7 Å². The summed E-state index contributed by atoms with van der Waals surface area (Å²) in [6.07, 6.45) is 8.67. The van der Waals surface area contributed by atoms with Gasteiger partial charge in [-0.05, 0) is 100 Å². The molecule has 0 spiro atoms. The number of piperazine rings is 1. The zero-order valence-electron chi connectivity index (χ0n) is 27.9. The van der Waals surface area contributed by atoms with Crippen LogP contribution >= 0.6 is 0 Å². The highest BCUT2D eigenvalue weighted by molar-refractivity contribution is 7.90. The van der Waals surface area contributed by atoms with Gasteiger partial charge in [0.1, 0.15) is 5.75 Å². The summed E-state index contributed by atoms with van der Waals surface area (Å²) in [5, 5.41) is 0.368. The summed E-state index contributed by atoms with van der Waals surface area (Å²) in [4.78, 5) is 33.0. The molecule has 2 saturated heterocycles. The summed E-state index contributed by atoms with van der Waals surface area (Å²) < 4.78 is 35.7. The molecule has 5 aliphatic rings. The van der Waals surface area contributed by atoms with Gasteiger partial charge in [-0.2, -0.15) is 0 Å². The molecule has 4 fully saturated rings. The van der Waals surface area contributed by atoms with Gasteiger partial charge in [-0.25, -0.2) is 13.1 Å². The Hall–Kier alpha value is -3.37. The van der Waals surface area contributed by atoms with Crippen LogP contribution < -0.4 is 9.46 Å². The Kier molecular flexibility index (Phi) is 7.30. The quantitative estimate of drug-likeness (QED) is 0.369. The van der Waals surface area contributed by atoms with Crippen LogP contribution in [0, 0.1) is 5.41 Å². The Morgan fingerprint density at radius 1 is 0.979 bits per heavy atom. The van der Waals surface area contributed by atoms with Crippen molar-refractivity contribution in [3.05, 3.63) is 53.1 Å². The van der Waals surface area contributed by atoms with Gasteiger partial charge in [-0.1, -0.05) is 25.3 Å². The van der Waals surface area contributed by atoms with Gasteiger partial charge in [0.15, 0.2) is 0 Å². The maximum atomic E-state index is 15.0. The molecule has 47 heavy (non-hydrogen) atoms. The molecule has 1 aromatic heterocycles. The van der Waals surface area contributed by atoms with Crippen LogP contribution in [0.4, 0.5) is 0 Å². The van der Waals surface area contributed by atoms with E-state index in [0.717, 1.165) is 73.1 Å². The highest BCUT2D eigenvalue weighted by Crippen LogP contribution is 2.66. The number of likely N-dealkylation sites (N-methyl/N-ethyl adjacent to an activating group) is 1. The van der Waals surface area contributed by atoms with Crippen LogP contribution in [0.25, 0.3) is 22.2 Å². The normalized spacial score (nSPS) is 27.3. The Bertz CT molecular complexity index is 1880. The van der Waals surface area contributed by atoms with E-state index in [1.807, 2.05) is 18.2 Å². The van der Waals surface area contributed by atoms with Gasteiger partial charge in [0.05, 0.1) is 23.5 Å². The number of nitrogens with one attached hydrogen (secondary N) is 1. The molecule has 2 aromatic carbocycles. The monoisotopic (exact) mass is 658 g/mol. The smallest absolute Gasteiger partial charge is 0.264 e. The van der Waals surface area contributed by atoms with Crippen molar-refractivity contribution in [2.45, 2.75) is 101 Å². The molecule has 2 amide bonds. The first kappa shape index (κ1) is 30.9. The number of aromatic nitrogens is 1. The Morgan fingerprint density at radius 3 is 2.38 bits per heavy atom. The highest BCUT2D eigenvalue weighted by atomic mass is 32.2. The number of likely N-dealkylation sites (tertiary alicyclic amines) is 1. The van der Waals surface area contributed by atoms with Crippen LogP contribution in [0.5, 0.6) is 5.75 Å². The molecule has 3 aromatic rings. The molecule has 3 aliphatic heterocycles. The predicted octanol–water partition coefficient (Wildman–Crippen LogP) is 5.62. The number of benzene rings is 2. The first-order valence-electron chi connectivity index (χ1n) is 17.4. The number of hydrogen-bond donors (Lipinski definition) is 1. The van der Waals surface area contributed by atoms with E-state index in [4.69, 9.17) is 4.74 Å². The zero-order valence-corrected chi connectivity index (χ0v) is 28.7. The summed E-state index contributed by atoms with van der Waals surface area (Å²) >= 11 is 0. The first-order valence-corrected chi connectivity index (χ1v) is 19.0. The topological polar surface area (TPSA) is 101 Å². The fraction of sp³-hybridized carbons (Fsp3) is 0.568. The Labute approximate surface area is 277 Å². The first-order chi connectivity index (χ1) is 22.5. The molecule has 4 heterocycles. The van der Waals surface area contributed by atoms with E-state index in [0.29, 0.717) is 18.0 Å². The lowest BCUT2D eigenvalue weighted by atomic mass is 9.81. The minimum absolute atomic E-state index is 0.0796. The lowest BCUT2D eigenvalue weighted by molar-refractivity contribution is -0.143. The number of ether oxygens (including phenoxy) is 1. The van der Waals surface area contributed by atoms with E-state index in [1.165, 1.54) is 30.4 Å². The molecule has 9 nitrogen and oxygen atoms in total. The lowest BCUT2D eigenvalue weighted by Crippen LogP contribution is -2.57.